The Morgan fingerprint density at radius 3 is 1.84 bits per heavy atom. The highest BCUT2D eigenvalue weighted by molar-refractivity contribution is 5.13. The molecular formula is C28H46O3. The minimum atomic E-state index is 0.0112. The van der Waals surface area contributed by atoms with Gasteiger partial charge < -0.3 is 14.2 Å². The van der Waals surface area contributed by atoms with Crippen LogP contribution in [0.4, 0.5) is 0 Å². The highest BCUT2D eigenvalue weighted by Crippen LogP contribution is 2.09. The van der Waals surface area contributed by atoms with Crippen LogP contribution < -0.4 is 0 Å². The molecule has 0 heterocycles. The normalized spacial score (nSPS) is 12.0. The van der Waals surface area contributed by atoms with E-state index in [9.17, 15) is 0 Å². The average molecular weight is 431 g/mol. The summed E-state index contributed by atoms with van der Waals surface area (Å²) in [4.78, 5) is 0. The largest absolute Gasteiger partial charge is 0.379 e. The van der Waals surface area contributed by atoms with E-state index in [0.29, 0.717) is 19.8 Å². The van der Waals surface area contributed by atoms with Crippen LogP contribution in [0.3, 0.4) is 0 Å². The Kier molecular flexibility index (Phi) is 19.4. The molecule has 0 aliphatic rings. The summed E-state index contributed by atoms with van der Waals surface area (Å²) in [6.07, 6.45) is 18.6. The van der Waals surface area contributed by atoms with E-state index >= 15 is 0 Å². The molecule has 0 N–H and O–H groups in total. The van der Waals surface area contributed by atoms with Gasteiger partial charge in [-0.2, -0.15) is 0 Å². The van der Waals surface area contributed by atoms with Crippen LogP contribution in [-0.4, -0.2) is 32.5 Å². The van der Waals surface area contributed by atoms with E-state index in [1.54, 1.807) is 0 Å². The summed E-state index contributed by atoms with van der Waals surface area (Å²) in [5.41, 5.74) is 1.19. The molecule has 0 amide bonds. The van der Waals surface area contributed by atoms with Gasteiger partial charge in [0.15, 0.2) is 0 Å². The van der Waals surface area contributed by atoms with Gasteiger partial charge in [-0.3, -0.25) is 0 Å². The smallest absolute Gasteiger partial charge is 0.104 e. The minimum absolute atomic E-state index is 0.0112. The number of ether oxygens (including phenoxy) is 3. The van der Waals surface area contributed by atoms with Gasteiger partial charge in [0.05, 0.1) is 19.8 Å². The zero-order valence-corrected chi connectivity index (χ0v) is 19.8. The fourth-order valence-electron chi connectivity index (χ4n) is 3.44. The first-order chi connectivity index (χ1) is 15.4. The second-order valence-electron chi connectivity index (χ2n) is 8.26. The molecule has 0 saturated heterocycles. The van der Waals surface area contributed by atoms with Crippen LogP contribution in [0, 0.1) is 0 Å². The molecule has 0 aromatic heterocycles. The van der Waals surface area contributed by atoms with Gasteiger partial charge in [-0.15, -0.1) is 13.2 Å². The molecule has 0 fully saturated rings. The molecule has 1 unspecified atom stereocenters. The van der Waals surface area contributed by atoms with Crippen LogP contribution in [0.5, 0.6) is 0 Å². The van der Waals surface area contributed by atoms with Crippen molar-refractivity contribution in [1.82, 2.24) is 0 Å². The van der Waals surface area contributed by atoms with Crippen LogP contribution in [0.15, 0.2) is 55.6 Å². The van der Waals surface area contributed by atoms with Crippen molar-refractivity contribution in [3.05, 3.63) is 61.2 Å². The lowest BCUT2D eigenvalue weighted by molar-refractivity contribution is -0.0645. The highest BCUT2D eigenvalue weighted by Gasteiger charge is 2.10. The topological polar surface area (TPSA) is 27.7 Å². The van der Waals surface area contributed by atoms with E-state index in [-0.39, 0.29) is 6.10 Å². The third kappa shape index (κ3) is 17.9. The summed E-state index contributed by atoms with van der Waals surface area (Å²) in [5, 5.41) is 0. The Morgan fingerprint density at radius 1 is 0.645 bits per heavy atom. The fraction of sp³-hybridized carbons (Fsp3) is 0.643. The second-order valence-corrected chi connectivity index (χ2v) is 8.26. The summed E-state index contributed by atoms with van der Waals surface area (Å²) in [6, 6.07) is 10.3. The molecule has 31 heavy (non-hydrogen) atoms. The number of hydrogen-bond acceptors (Lipinski definition) is 3. The standard InChI is InChI=1S/C28H46O3/c1-3-5-7-9-11-13-18-22-29-25-28(26-30-24-27-20-16-15-17-21-27)31-23-19-14-12-10-8-6-4-2/h3-4,15-17,20-21,28H,1-2,5-14,18-19,22-26H2. The van der Waals surface area contributed by atoms with E-state index in [2.05, 4.69) is 25.3 Å². The second kappa shape index (κ2) is 21.8. The summed E-state index contributed by atoms with van der Waals surface area (Å²) in [6.45, 7) is 11.0. The first-order valence-electron chi connectivity index (χ1n) is 12.4. The molecular weight excluding hydrogens is 384 g/mol. The number of benzene rings is 1. The van der Waals surface area contributed by atoms with Gasteiger partial charge in [0.25, 0.3) is 0 Å². The van der Waals surface area contributed by atoms with Crippen molar-refractivity contribution in [1.29, 1.82) is 0 Å². The van der Waals surface area contributed by atoms with Gasteiger partial charge >= 0.3 is 0 Å². The molecule has 1 aromatic rings. The van der Waals surface area contributed by atoms with Crippen LogP contribution in [0.2, 0.25) is 0 Å². The third-order valence-corrected chi connectivity index (χ3v) is 5.32. The monoisotopic (exact) mass is 430 g/mol. The van der Waals surface area contributed by atoms with Crippen LogP contribution in [-0.2, 0) is 20.8 Å². The van der Waals surface area contributed by atoms with Crippen molar-refractivity contribution in [2.45, 2.75) is 89.8 Å². The Hall–Kier alpha value is -1.42. The number of allylic oxidation sites excluding steroid dienone is 2. The first-order valence-corrected chi connectivity index (χ1v) is 12.4. The zero-order valence-electron chi connectivity index (χ0n) is 19.8. The molecule has 0 spiro atoms. The Morgan fingerprint density at radius 2 is 1.19 bits per heavy atom. The first kappa shape index (κ1) is 27.6. The molecule has 1 aromatic carbocycles. The molecule has 176 valence electrons. The van der Waals surface area contributed by atoms with Crippen molar-refractivity contribution in [2.24, 2.45) is 0 Å². The average Bonchev–Trinajstić information content (AvgIpc) is 2.80. The van der Waals surface area contributed by atoms with Crippen LogP contribution in [0.25, 0.3) is 0 Å². The zero-order chi connectivity index (χ0) is 22.2. The summed E-state index contributed by atoms with van der Waals surface area (Å²) < 4.78 is 17.9. The lowest BCUT2D eigenvalue weighted by Crippen LogP contribution is -2.26. The van der Waals surface area contributed by atoms with E-state index < -0.39 is 0 Å². The third-order valence-electron chi connectivity index (χ3n) is 5.32. The van der Waals surface area contributed by atoms with Crippen LogP contribution >= 0.6 is 0 Å². The Bertz CT molecular complexity index is 514. The van der Waals surface area contributed by atoms with Crippen LogP contribution in [0.1, 0.15) is 82.6 Å². The predicted octanol–water partition coefficient (Wildman–Crippen LogP) is 7.66. The van der Waals surface area contributed by atoms with Crippen molar-refractivity contribution < 1.29 is 14.2 Å². The fourth-order valence-corrected chi connectivity index (χ4v) is 3.44. The van der Waals surface area contributed by atoms with Gasteiger partial charge in [0.1, 0.15) is 6.10 Å². The SMILES string of the molecule is C=CCCCCCCCOCC(COCc1ccccc1)OCCCCCCCC=C. The van der Waals surface area contributed by atoms with Gasteiger partial charge in [0.2, 0.25) is 0 Å². The number of hydrogen-bond donors (Lipinski definition) is 0. The molecule has 1 rings (SSSR count). The summed E-state index contributed by atoms with van der Waals surface area (Å²) in [5.74, 6) is 0. The maximum Gasteiger partial charge on any atom is 0.104 e. The minimum Gasteiger partial charge on any atom is -0.379 e. The maximum atomic E-state index is 6.10. The summed E-state index contributed by atoms with van der Waals surface area (Å²) >= 11 is 0. The molecule has 3 nitrogen and oxygen atoms in total. The maximum absolute atomic E-state index is 6.10. The van der Waals surface area contributed by atoms with Gasteiger partial charge in [-0.1, -0.05) is 81.0 Å². The van der Waals surface area contributed by atoms with Crippen molar-refractivity contribution in [2.75, 3.05) is 26.4 Å². The molecule has 0 aliphatic carbocycles. The molecule has 0 saturated carbocycles. The molecule has 0 bridgehead atoms. The Balaban J connectivity index is 2.16. The molecule has 0 aliphatic heterocycles. The summed E-state index contributed by atoms with van der Waals surface area (Å²) in [7, 11) is 0. The van der Waals surface area contributed by atoms with E-state index in [1.807, 2.05) is 30.4 Å². The lowest BCUT2D eigenvalue weighted by Gasteiger charge is -2.18. The van der Waals surface area contributed by atoms with E-state index in [4.69, 9.17) is 14.2 Å². The highest BCUT2D eigenvalue weighted by atomic mass is 16.6. The Labute approximate surface area is 191 Å². The van der Waals surface area contributed by atoms with Gasteiger partial charge in [0, 0.05) is 13.2 Å². The quantitative estimate of drug-likeness (QED) is 0.132. The predicted molar refractivity (Wildman–Crippen MR) is 132 cm³/mol. The van der Waals surface area contributed by atoms with E-state index in [0.717, 1.165) is 38.9 Å². The van der Waals surface area contributed by atoms with Crippen molar-refractivity contribution >= 4 is 0 Å². The van der Waals surface area contributed by atoms with Gasteiger partial charge in [-0.05, 0) is 44.1 Å². The van der Waals surface area contributed by atoms with Crippen molar-refractivity contribution in [3.63, 3.8) is 0 Å². The van der Waals surface area contributed by atoms with E-state index in [1.165, 1.54) is 56.9 Å². The van der Waals surface area contributed by atoms with Crippen molar-refractivity contribution in [3.8, 4) is 0 Å². The molecule has 3 heteroatoms. The molecule has 0 radical (unpaired) electrons. The molecule has 1 atom stereocenters. The lowest BCUT2D eigenvalue weighted by atomic mass is 10.1. The number of unbranched alkanes of at least 4 members (excludes halogenated alkanes) is 10. The van der Waals surface area contributed by atoms with Gasteiger partial charge in [-0.25, -0.2) is 0 Å². The number of rotatable bonds is 23.